The molecule has 1 aliphatic rings. The summed E-state index contributed by atoms with van der Waals surface area (Å²) in [6.07, 6.45) is 12.0. The summed E-state index contributed by atoms with van der Waals surface area (Å²) in [5, 5.41) is 6.90. The first kappa shape index (κ1) is 26.9. The Morgan fingerprint density at radius 1 is 0.741 bits per heavy atom. The molecule has 1 fully saturated rings. The maximum Gasteiger partial charge on any atom is 0.190 e. The predicted octanol–water partition coefficient (Wildman–Crippen LogP) is 3.94. The first-order chi connectivity index (χ1) is 12.8. The molecule has 0 aliphatic carbocycles. The molecule has 0 spiro atoms. The monoisotopic (exact) mass is 495 g/mol. The Morgan fingerprint density at radius 3 is 1.81 bits per heavy atom. The van der Waals surface area contributed by atoms with E-state index in [2.05, 4.69) is 39.3 Å². The molecule has 0 aromatic carbocycles. The van der Waals surface area contributed by atoms with E-state index in [1.165, 1.54) is 97.1 Å². The van der Waals surface area contributed by atoms with Gasteiger partial charge in [0.15, 0.2) is 5.96 Å². The summed E-state index contributed by atoms with van der Waals surface area (Å²) in [5.74, 6) is 0.965. The Morgan fingerprint density at radius 2 is 1.26 bits per heavy atom. The summed E-state index contributed by atoms with van der Waals surface area (Å²) in [6.45, 7) is 14.0. The van der Waals surface area contributed by atoms with E-state index in [-0.39, 0.29) is 24.0 Å². The van der Waals surface area contributed by atoms with Gasteiger partial charge in [0, 0.05) is 46.3 Å². The number of nitrogens with zero attached hydrogens (tertiary/aromatic N) is 3. The van der Waals surface area contributed by atoms with Gasteiger partial charge in [0.25, 0.3) is 0 Å². The second-order valence-corrected chi connectivity index (χ2v) is 7.53. The number of rotatable bonds is 14. The predicted molar refractivity (Wildman–Crippen MR) is 131 cm³/mol. The van der Waals surface area contributed by atoms with Gasteiger partial charge in [-0.2, -0.15) is 0 Å². The van der Waals surface area contributed by atoms with Crippen LogP contribution in [-0.4, -0.2) is 75.2 Å². The molecular weight excluding hydrogens is 449 g/mol. The van der Waals surface area contributed by atoms with Gasteiger partial charge in [-0.3, -0.25) is 4.99 Å². The summed E-state index contributed by atoms with van der Waals surface area (Å²) >= 11 is 0. The van der Waals surface area contributed by atoms with Gasteiger partial charge in [0.2, 0.25) is 0 Å². The van der Waals surface area contributed by atoms with Crippen LogP contribution in [0, 0.1) is 0 Å². The lowest BCUT2D eigenvalue weighted by Gasteiger charge is -2.34. The molecule has 5 nitrogen and oxygen atoms in total. The van der Waals surface area contributed by atoms with E-state index in [0.717, 1.165) is 19.0 Å². The van der Waals surface area contributed by atoms with Gasteiger partial charge in [-0.15, -0.1) is 24.0 Å². The number of aliphatic imine (C=N–C) groups is 1. The molecule has 6 heteroatoms. The number of piperazine rings is 1. The van der Waals surface area contributed by atoms with E-state index in [1.54, 1.807) is 0 Å². The molecular formula is C21H46IN5. The molecule has 0 aromatic rings. The van der Waals surface area contributed by atoms with Gasteiger partial charge in [0.05, 0.1) is 0 Å². The van der Waals surface area contributed by atoms with Crippen LogP contribution in [0.1, 0.15) is 71.6 Å². The van der Waals surface area contributed by atoms with Crippen LogP contribution in [0.5, 0.6) is 0 Å². The second kappa shape index (κ2) is 19.2. The number of hydrogen-bond acceptors (Lipinski definition) is 3. The van der Waals surface area contributed by atoms with E-state index in [4.69, 9.17) is 0 Å². The summed E-state index contributed by atoms with van der Waals surface area (Å²) in [6, 6.07) is 0. The van der Waals surface area contributed by atoms with Crippen molar-refractivity contribution in [1.82, 2.24) is 20.4 Å². The third kappa shape index (κ3) is 14.6. The number of unbranched alkanes of at least 4 members (excludes halogenated alkanes) is 7. The van der Waals surface area contributed by atoms with Gasteiger partial charge in [0.1, 0.15) is 0 Å². The smallest absolute Gasteiger partial charge is 0.190 e. The SMILES string of the molecule is CCCCCCCCCNC(=NC)NCCCCN1CCN(CC)CC1.I. The molecule has 27 heavy (non-hydrogen) atoms. The molecule has 0 bridgehead atoms. The Bertz CT molecular complexity index is 343. The van der Waals surface area contributed by atoms with Crippen molar-refractivity contribution in [1.29, 1.82) is 0 Å². The van der Waals surface area contributed by atoms with Gasteiger partial charge >= 0.3 is 0 Å². The van der Waals surface area contributed by atoms with Crippen LogP contribution < -0.4 is 10.6 Å². The number of hydrogen-bond donors (Lipinski definition) is 2. The molecule has 0 amide bonds. The van der Waals surface area contributed by atoms with Crippen LogP contribution >= 0.6 is 24.0 Å². The van der Waals surface area contributed by atoms with Gasteiger partial charge in [-0.25, -0.2) is 0 Å². The number of halogens is 1. The van der Waals surface area contributed by atoms with Crippen LogP contribution in [-0.2, 0) is 0 Å². The van der Waals surface area contributed by atoms with Crippen LogP contribution in [0.3, 0.4) is 0 Å². The summed E-state index contributed by atoms with van der Waals surface area (Å²) in [7, 11) is 1.87. The molecule has 0 aromatic heterocycles. The van der Waals surface area contributed by atoms with Gasteiger partial charge in [-0.05, 0) is 32.4 Å². The third-order valence-electron chi connectivity index (χ3n) is 5.40. The lowest BCUT2D eigenvalue weighted by molar-refractivity contribution is 0.136. The number of guanidine groups is 1. The Hall–Kier alpha value is -0.0800. The molecule has 1 saturated heterocycles. The van der Waals surface area contributed by atoms with Crippen molar-refractivity contribution in [3.8, 4) is 0 Å². The Balaban J connectivity index is 0.00000676. The van der Waals surface area contributed by atoms with Crippen LogP contribution in [0.2, 0.25) is 0 Å². The van der Waals surface area contributed by atoms with E-state index < -0.39 is 0 Å². The highest BCUT2D eigenvalue weighted by molar-refractivity contribution is 14.0. The van der Waals surface area contributed by atoms with Crippen molar-refractivity contribution in [2.24, 2.45) is 4.99 Å². The molecule has 0 radical (unpaired) electrons. The van der Waals surface area contributed by atoms with Gasteiger partial charge < -0.3 is 20.4 Å². The molecule has 0 unspecified atom stereocenters. The van der Waals surface area contributed by atoms with Crippen molar-refractivity contribution in [3.63, 3.8) is 0 Å². The fourth-order valence-corrected chi connectivity index (χ4v) is 3.51. The summed E-state index contributed by atoms with van der Waals surface area (Å²) < 4.78 is 0. The minimum Gasteiger partial charge on any atom is -0.356 e. The minimum atomic E-state index is 0. The Labute approximate surface area is 186 Å². The molecule has 1 heterocycles. The molecule has 1 rings (SSSR count). The molecule has 162 valence electrons. The fourth-order valence-electron chi connectivity index (χ4n) is 3.51. The zero-order valence-electron chi connectivity index (χ0n) is 18.3. The maximum absolute atomic E-state index is 4.33. The fraction of sp³-hybridized carbons (Fsp3) is 0.952. The van der Waals surface area contributed by atoms with Crippen molar-refractivity contribution in [3.05, 3.63) is 0 Å². The number of nitrogens with one attached hydrogen (secondary N) is 2. The average molecular weight is 496 g/mol. The summed E-state index contributed by atoms with van der Waals surface area (Å²) in [4.78, 5) is 9.48. The quantitative estimate of drug-likeness (QED) is 0.166. The molecule has 1 aliphatic heterocycles. The lowest BCUT2D eigenvalue weighted by atomic mass is 10.1. The first-order valence-corrected chi connectivity index (χ1v) is 11.2. The normalized spacial score (nSPS) is 16.2. The highest BCUT2D eigenvalue weighted by Gasteiger charge is 2.14. The number of likely N-dealkylation sites (N-methyl/N-ethyl adjacent to an activating group) is 1. The van der Waals surface area contributed by atoms with E-state index in [0.29, 0.717) is 0 Å². The first-order valence-electron chi connectivity index (χ1n) is 11.2. The molecule has 2 N–H and O–H groups in total. The van der Waals surface area contributed by atoms with Crippen molar-refractivity contribution < 1.29 is 0 Å². The average Bonchev–Trinajstić information content (AvgIpc) is 2.68. The van der Waals surface area contributed by atoms with Gasteiger partial charge in [-0.1, -0.05) is 52.4 Å². The minimum absolute atomic E-state index is 0. The highest BCUT2D eigenvalue weighted by Crippen LogP contribution is 2.06. The summed E-state index contributed by atoms with van der Waals surface area (Å²) in [5.41, 5.74) is 0. The molecule has 0 saturated carbocycles. The van der Waals surface area contributed by atoms with Crippen LogP contribution in [0.4, 0.5) is 0 Å². The molecule has 0 atom stereocenters. The lowest BCUT2D eigenvalue weighted by Crippen LogP contribution is -2.46. The highest BCUT2D eigenvalue weighted by atomic mass is 127. The largest absolute Gasteiger partial charge is 0.356 e. The van der Waals surface area contributed by atoms with Crippen molar-refractivity contribution in [2.75, 3.05) is 59.4 Å². The third-order valence-corrected chi connectivity index (χ3v) is 5.40. The standard InChI is InChI=1S/C21H45N5.HI/c1-4-6-7-8-9-10-11-14-23-21(22-3)24-15-12-13-16-26-19-17-25(5-2)18-20-26;/h4-20H2,1-3H3,(H2,22,23,24);1H. The zero-order valence-corrected chi connectivity index (χ0v) is 20.6. The van der Waals surface area contributed by atoms with E-state index in [1.807, 2.05) is 7.05 Å². The zero-order chi connectivity index (χ0) is 18.9. The second-order valence-electron chi connectivity index (χ2n) is 7.53. The Kier molecular flexibility index (Phi) is 19.2. The van der Waals surface area contributed by atoms with Crippen LogP contribution in [0.15, 0.2) is 4.99 Å². The van der Waals surface area contributed by atoms with Crippen molar-refractivity contribution in [2.45, 2.75) is 71.6 Å². The van der Waals surface area contributed by atoms with Crippen LogP contribution in [0.25, 0.3) is 0 Å². The van der Waals surface area contributed by atoms with E-state index >= 15 is 0 Å². The van der Waals surface area contributed by atoms with Crippen molar-refractivity contribution >= 4 is 29.9 Å². The maximum atomic E-state index is 4.33. The topological polar surface area (TPSA) is 42.9 Å². The van der Waals surface area contributed by atoms with E-state index in [9.17, 15) is 0 Å².